The summed E-state index contributed by atoms with van der Waals surface area (Å²) in [6.07, 6.45) is 0.649. The molecule has 19 heavy (non-hydrogen) atoms. The van der Waals surface area contributed by atoms with Gasteiger partial charge in [0.15, 0.2) is 0 Å². The zero-order valence-corrected chi connectivity index (χ0v) is 12.7. The van der Waals surface area contributed by atoms with Crippen molar-refractivity contribution in [3.63, 3.8) is 0 Å². The number of carbonyl (C=O) groups excluding carboxylic acids is 2. The van der Waals surface area contributed by atoms with Crippen LogP contribution in [-0.4, -0.2) is 49.6 Å². The first-order chi connectivity index (χ1) is 8.76. The molecule has 0 heterocycles. The molecule has 0 aliphatic carbocycles. The van der Waals surface area contributed by atoms with Crippen LogP contribution < -0.4 is 0 Å². The van der Waals surface area contributed by atoms with Crippen LogP contribution in [0.2, 0.25) is 0 Å². The minimum Gasteiger partial charge on any atom is -0.467 e. The molecule has 0 bridgehead atoms. The summed E-state index contributed by atoms with van der Waals surface area (Å²) in [4.78, 5) is 25.1. The Bertz CT molecular complexity index is 298. The Morgan fingerprint density at radius 1 is 1.21 bits per heavy atom. The van der Waals surface area contributed by atoms with Crippen molar-refractivity contribution in [1.29, 1.82) is 0 Å². The van der Waals surface area contributed by atoms with Gasteiger partial charge in [0, 0.05) is 7.11 Å². The first kappa shape index (κ1) is 17.7. The Morgan fingerprint density at radius 2 is 1.79 bits per heavy atom. The molecular formula is C13H25NO5. The first-order valence-electron chi connectivity index (χ1n) is 6.33. The minimum atomic E-state index is -0.690. The summed E-state index contributed by atoms with van der Waals surface area (Å²) in [6.45, 7) is 7.21. The van der Waals surface area contributed by atoms with Crippen molar-refractivity contribution < 1.29 is 23.8 Å². The lowest BCUT2D eigenvalue weighted by Gasteiger charge is -2.31. The highest BCUT2D eigenvalue weighted by Crippen LogP contribution is 2.15. The average molecular weight is 275 g/mol. The number of esters is 1. The SMILES string of the molecule is CCC[C@@H](C(=O)OC)N(COC)C(=O)OC(C)(C)C. The van der Waals surface area contributed by atoms with Crippen LogP contribution >= 0.6 is 0 Å². The molecule has 6 heteroatoms. The standard InChI is InChI=1S/C13H25NO5/c1-7-8-10(11(15)18-6)14(9-17-5)12(16)19-13(2,3)4/h10H,7-9H2,1-6H3/t10-/m0/s1. The van der Waals surface area contributed by atoms with E-state index in [9.17, 15) is 9.59 Å². The largest absolute Gasteiger partial charge is 0.467 e. The van der Waals surface area contributed by atoms with Crippen molar-refractivity contribution in [2.45, 2.75) is 52.2 Å². The Morgan fingerprint density at radius 3 is 2.16 bits per heavy atom. The van der Waals surface area contributed by atoms with Gasteiger partial charge in [-0.15, -0.1) is 0 Å². The van der Waals surface area contributed by atoms with Crippen molar-refractivity contribution >= 4 is 12.1 Å². The number of hydrogen-bond acceptors (Lipinski definition) is 5. The summed E-state index contributed by atoms with van der Waals surface area (Å²) in [5, 5.41) is 0. The van der Waals surface area contributed by atoms with Crippen LogP contribution in [-0.2, 0) is 19.0 Å². The summed E-state index contributed by atoms with van der Waals surface area (Å²) < 4.78 is 15.0. The Hall–Kier alpha value is -1.30. The highest BCUT2D eigenvalue weighted by molar-refractivity contribution is 5.81. The molecule has 0 spiro atoms. The van der Waals surface area contributed by atoms with E-state index in [-0.39, 0.29) is 6.73 Å². The lowest BCUT2D eigenvalue weighted by Crippen LogP contribution is -2.48. The van der Waals surface area contributed by atoms with Crippen LogP contribution in [0, 0.1) is 0 Å². The molecular weight excluding hydrogens is 250 g/mol. The highest BCUT2D eigenvalue weighted by Gasteiger charge is 2.33. The van der Waals surface area contributed by atoms with Crippen molar-refractivity contribution in [3.8, 4) is 0 Å². The number of carbonyl (C=O) groups is 2. The molecule has 0 rings (SSSR count). The van der Waals surface area contributed by atoms with Crippen LogP contribution in [0.1, 0.15) is 40.5 Å². The van der Waals surface area contributed by atoms with Gasteiger partial charge in [0.1, 0.15) is 18.4 Å². The van der Waals surface area contributed by atoms with Crippen LogP contribution in [0.4, 0.5) is 4.79 Å². The second-order valence-electron chi connectivity index (χ2n) is 5.20. The van der Waals surface area contributed by atoms with Crippen molar-refractivity contribution in [1.82, 2.24) is 4.90 Å². The van der Waals surface area contributed by atoms with Gasteiger partial charge < -0.3 is 14.2 Å². The van der Waals surface area contributed by atoms with Crippen molar-refractivity contribution in [2.24, 2.45) is 0 Å². The van der Waals surface area contributed by atoms with Crippen LogP contribution in [0.25, 0.3) is 0 Å². The topological polar surface area (TPSA) is 65.1 Å². The zero-order valence-electron chi connectivity index (χ0n) is 12.7. The molecule has 0 aliphatic rings. The fraction of sp³-hybridized carbons (Fsp3) is 0.846. The number of hydrogen-bond donors (Lipinski definition) is 0. The van der Waals surface area contributed by atoms with Gasteiger partial charge in [0.25, 0.3) is 0 Å². The van der Waals surface area contributed by atoms with E-state index in [0.29, 0.717) is 6.42 Å². The maximum Gasteiger partial charge on any atom is 0.412 e. The monoisotopic (exact) mass is 275 g/mol. The molecule has 1 atom stereocenters. The van der Waals surface area contributed by atoms with E-state index < -0.39 is 23.7 Å². The van der Waals surface area contributed by atoms with Gasteiger partial charge in [-0.1, -0.05) is 13.3 Å². The molecule has 1 amide bonds. The molecule has 0 unspecified atom stereocenters. The Balaban J connectivity index is 5.01. The number of ether oxygens (including phenoxy) is 3. The Labute approximate surface area is 115 Å². The van der Waals surface area contributed by atoms with Gasteiger partial charge in [0.05, 0.1) is 7.11 Å². The molecule has 0 aliphatic heterocycles. The van der Waals surface area contributed by atoms with Gasteiger partial charge >= 0.3 is 12.1 Å². The number of amides is 1. The second-order valence-corrected chi connectivity index (χ2v) is 5.20. The summed E-state index contributed by atoms with van der Waals surface area (Å²) >= 11 is 0. The maximum atomic E-state index is 12.1. The van der Waals surface area contributed by atoms with Gasteiger partial charge in [-0.25, -0.2) is 9.59 Å². The first-order valence-corrected chi connectivity index (χ1v) is 6.33. The van der Waals surface area contributed by atoms with E-state index in [2.05, 4.69) is 0 Å². The maximum absolute atomic E-state index is 12.1. The van der Waals surface area contributed by atoms with Gasteiger partial charge in [-0.2, -0.15) is 0 Å². The molecule has 0 saturated heterocycles. The average Bonchev–Trinajstić information content (AvgIpc) is 2.30. The van der Waals surface area contributed by atoms with Crippen LogP contribution in [0.15, 0.2) is 0 Å². The van der Waals surface area contributed by atoms with Crippen LogP contribution in [0.3, 0.4) is 0 Å². The predicted molar refractivity (Wildman–Crippen MR) is 70.7 cm³/mol. The molecule has 0 N–H and O–H groups in total. The minimum absolute atomic E-state index is 0.0192. The molecule has 0 aromatic carbocycles. The van der Waals surface area contributed by atoms with E-state index in [1.54, 1.807) is 20.8 Å². The van der Waals surface area contributed by atoms with Gasteiger partial charge in [-0.3, -0.25) is 4.90 Å². The summed E-state index contributed by atoms with van der Waals surface area (Å²) in [5.74, 6) is -0.468. The van der Waals surface area contributed by atoms with E-state index in [4.69, 9.17) is 14.2 Å². The molecule has 0 fully saturated rings. The van der Waals surface area contributed by atoms with E-state index in [1.807, 2.05) is 6.92 Å². The molecule has 112 valence electrons. The summed E-state index contributed by atoms with van der Waals surface area (Å²) in [5.41, 5.74) is -0.629. The van der Waals surface area contributed by atoms with E-state index in [1.165, 1.54) is 19.1 Å². The molecule has 0 radical (unpaired) electrons. The third kappa shape index (κ3) is 6.42. The predicted octanol–water partition coefficient (Wildman–Crippen LogP) is 2.17. The second kappa shape index (κ2) is 7.99. The lowest BCUT2D eigenvalue weighted by molar-refractivity contribution is -0.149. The third-order valence-electron chi connectivity index (χ3n) is 2.31. The highest BCUT2D eigenvalue weighted by atomic mass is 16.6. The number of rotatable bonds is 6. The van der Waals surface area contributed by atoms with E-state index >= 15 is 0 Å². The fourth-order valence-electron chi connectivity index (χ4n) is 1.54. The van der Waals surface area contributed by atoms with E-state index in [0.717, 1.165) is 6.42 Å². The Kier molecular flexibility index (Phi) is 7.44. The molecule has 0 aromatic rings. The third-order valence-corrected chi connectivity index (χ3v) is 2.31. The van der Waals surface area contributed by atoms with Gasteiger partial charge in [-0.05, 0) is 27.2 Å². The summed E-state index contributed by atoms with van der Waals surface area (Å²) in [6, 6.07) is -0.690. The van der Waals surface area contributed by atoms with Gasteiger partial charge in [0.2, 0.25) is 0 Å². The fourth-order valence-corrected chi connectivity index (χ4v) is 1.54. The molecule has 6 nitrogen and oxygen atoms in total. The normalized spacial score (nSPS) is 12.7. The number of nitrogens with zero attached hydrogens (tertiary/aromatic N) is 1. The molecule has 0 aromatic heterocycles. The zero-order chi connectivity index (χ0) is 15.1. The lowest BCUT2D eigenvalue weighted by atomic mass is 10.1. The molecule has 0 saturated carbocycles. The van der Waals surface area contributed by atoms with Crippen molar-refractivity contribution in [2.75, 3.05) is 21.0 Å². The quantitative estimate of drug-likeness (QED) is 0.549. The smallest absolute Gasteiger partial charge is 0.412 e. The number of methoxy groups -OCH3 is 2. The van der Waals surface area contributed by atoms with Crippen molar-refractivity contribution in [3.05, 3.63) is 0 Å². The van der Waals surface area contributed by atoms with Crippen LogP contribution in [0.5, 0.6) is 0 Å². The summed E-state index contributed by atoms with van der Waals surface area (Å²) in [7, 11) is 2.75.